The van der Waals surface area contributed by atoms with Crippen molar-refractivity contribution in [1.29, 1.82) is 0 Å². The van der Waals surface area contributed by atoms with Gasteiger partial charge in [-0.15, -0.1) is 0 Å². The van der Waals surface area contributed by atoms with Gasteiger partial charge in [-0.1, -0.05) is 39.5 Å². The Morgan fingerprint density at radius 2 is 1.87 bits per heavy atom. The molecule has 5 heteroatoms. The van der Waals surface area contributed by atoms with E-state index in [4.69, 9.17) is 0 Å². The summed E-state index contributed by atoms with van der Waals surface area (Å²) >= 11 is 0. The molecule has 2 rings (SSSR count). The van der Waals surface area contributed by atoms with Crippen LogP contribution in [0.5, 0.6) is 0 Å². The van der Waals surface area contributed by atoms with Crippen LogP contribution in [-0.2, 0) is 9.59 Å². The van der Waals surface area contributed by atoms with Crippen LogP contribution in [0.25, 0.3) is 0 Å². The van der Waals surface area contributed by atoms with E-state index in [1.54, 1.807) is 0 Å². The minimum absolute atomic E-state index is 0.0256. The van der Waals surface area contributed by atoms with Crippen LogP contribution >= 0.6 is 0 Å². The molecule has 1 atom stereocenters. The molecule has 1 saturated heterocycles. The summed E-state index contributed by atoms with van der Waals surface area (Å²) in [7, 11) is 0. The van der Waals surface area contributed by atoms with Crippen molar-refractivity contribution in [3.05, 3.63) is 0 Å². The van der Waals surface area contributed by atoms with Crippen LogP contribution in [0.15, 0.2) is 0 Å². The van der Waals surface area contributed by atoms with Crippen LogP contribution in [0.1, 0.15) is 65.2 Å². The number of piperidine rings is 1. The van der Waals surface area contributed by atoms with Gasteiger partial charge in [-0.05, 0) is 19.3 Å². The third kappa shape index (κ3) is 5.20. The zero-order valence-electron chi connectivity index (χ0n) is 14.6. The molecule has 5 nitrogen and oxygen atoms in total. The minimum atomic E-state index is -0.304. The van der Waals surface area contributed by atoms with Crippen LogP contribution in [0.3, 0.4) is 0 Å². The predicted molar refractivity (Wildman–Crippen MR) is 89.8 cm³/mol. The number of nitrogens with one attached hydrogen (secondary N) is 1. The van der Waals surface area contributed by atoms with Crippen molar-refractivity contribution in [3.8, 4) is 0 Å². The number of aliphatic hydroxyl groups excluding tert-OH is 1. The Morgan fingerprint density at radius 3 is 2.48 bits per heavy atom. The number of hydrogen-bond acceptors (Lipinski definition) is 3. The van der Waals surface area contributed by atoms with Gasteiger partial charge in [0.25, 0.3) is 0 Å². The van der Waals surface area contributed by atoms with E-state index in [0.29, 0.717) is 32.0 Å². The van der Waals surface area contributed by atoms with E-state index in [0.717, 1.165) is 12.8 Å². The second kappa shape index (κ2) is 8.13. The zero-order chi connectivity index (χ0) is 16.9. The zero-order valence-corrected chi connectivity index (χ0v) is 14.6. The highest BCUT2D eigenvalue weighted by Crippen LogP contribution is 2.27. The van der Waals surface area contributed by atoms with E-state index in [9.17, 15) is 14.7 Å². The molecule has 0 aromatic carbocycles. The molecule has 2 aliphatic rings. The van der Waals surface area contributed by atoms with Gasteiger partial charge in [0, 0.05) is 37.6 Å². The number of likely N-dealkylation sites (tertiary alicyclic amines) is 1. The summed E-state index contributed by atoms with van der Waals surface area (Å²) < 4.78 is 0. The third-order valence-electron chi connectivity index (χ3n) is 5.25. The van der Waals surface area contributed by atoms with Gasteiger partial charge in [0.1, 0.15) is 0 Å². The topological polar surface area (TPSA) is 69.6 Å². The standard InChI is InChI=1S/C18H32N2O3/c1-18(2,13-21)12-19-17(23)14-9-10-16(22)20(11-14)15-7-5-3-4-6-8-15/h14-15,21H,3-13H2,1-2H3,(H,19,23)/t14-/m1/s1. The van der Waals surface area contributed by atoms with Gasteiger partial charge in [-0.25, -0.2) is 0 Å². The SMILES string of the molecule is CC(C)(CO)CNC(=O)[C@@H]1CCC(=O)N(C2CCCCCC2)C1. The maximum atomic E-state index is 12.4. The maximum absolute atomic E-state index is 12.4. The largest absolute Gasteiger partial charge is 0.396 e. The Labute approximate surface area is 139 Å². The van der Waals surface area contributed by atoms with E-state index < -0.39 is 0 Å². The van der Waals surface area contributed by atoms with Crippen LogP contribution in [0.4, 0.5) is 0 Å². The van der Waals surface area contributed by atoms with Gasteiger partial charge < -0.3 is 15.3 Å². The molecule has 0 unspecified atom stereocenters. The number of aliphatic hydroxyl groups is 1. The molecule has 1 aliphatic heterocycles. The first-order valence-electron chi connectivity index (χ1n) is 9.11. The fourth-order valence-corrected chi connectivity index (χ4v) is 3.53. The molecule has 0 radical (unpaired) electrons. The van der Waals surface area contributed by atoms with Gasteiger partial charge >= 0.3 is 0 Å². The van der Waals surface area contributed by atoms with Gasteiger partial charge in [0.15, 0.2) is 0 Å². The molecule has 2 amide bonds. The average Bonchev–Trinajstić information content (AvgIpc) is 2.82. The number of amides is 2. The molecule has 0 aromatic heterocycles. The van der Waals surface area contributed by atoms with Crippen LogP contribution in [0, 0.1) is 11.3 Å². The maximum Gasteiger partial charge on any atom is 0.224 e. The first kappa shape index (κ1) is 18.2. The quantitative estimate of drug-likeness (QED) is 0.761. The van der Waals surface area contributed by atoms with Gasteiger partial charge in [0.05, 0.1) is 5.92 Å². The van der Waals surface area contributed by atoms with E-state index in [1.807, 2.05) is 18.7 Å². The van der Waals surface area contributed by atoms with E-state index in [2.05, 4.69) is 5.32 Å². The molecule has 0 aromatic rings. The predicted octanol–water partition coefficient (Wildman–Crippen LogP) is 2.08. The van der Waals surface area contributed by atoms with E-state index >= 15 is 0 Å². The molecule has 1 aliphatic carbocycles. The summed E-state index contributed by atoms with van der Waals surface area (Å²) in [5.41, 5.74) is -0.304. The summed E-state index contributed by atoms with van der Waals surface area (Å²) in [5.74, 6) is 0.139. The van der Waals surface area contributed by atoms with Crippen LogP contribution in [-0.4, -0.2) is 47.6 Å². The Balaban J connectivity index is 1.91. The Hall–Kier alpha value is -1.10. The molecule has 132 valence electrons. The smallest absolute Gasteiger partial charge is 0.224 e. The fourth-order valence-electron chi connectivity index (χ4n) is 3.53. The van der Waals surface area contributed by atoms with E-state index in [-0.39, 0.29) is 29.8 Å². The summed E-state index contributed by atoms with van der Waals surface area (Å²) in [4.78, 5) is 26.7. The highest BCUT2D eigenvalue weighted by molar-refractivity contribution is 5.84. The highest BCUT2D eigenvalue weighted by Gasteiger charge is 2.34. The number of rotatable bonds is 5. The van der Waals surface area contributed by atoms with Crippen molar-refractivity contribution in [2.45, 2.75) is 71.3 Å². The molecule has 2 fully saturated rings. The van der Waals surface area contributed by atoms with Crippen molar-refractivity contribution in [3.63, 3.8) is 0 Å². The highest BCUT2D eigenvalue weighted by atomic mass is 16.3. The summed E-state index contributed by atoms with van der Waals surface area (Å²) in [6.07, 6.45) is 8.20. The summed E-state index contributed by atoms with van der Waals surface area (Å²) in [6, 6.07) is 0.328. The molecular formula is C18H32N2O3. The molecule has 0 bridgehead atoms. The van der Waals surface area contributed by atoms with Crippen molar-refractivity contribution in [2.75, 3.05) is 19.7 Å². The number of nitrogens with zero attached hydrogens (tertiary/aromatic N) is 1. The lowest BCUT2D eigenvalue weighted by Crippen LogP contribution is -2.50. The first-order chi connectivity index (χ1) is 10.9. The van der Waals surface area contributed by atoms with Gasteiger partial charge in [0.2, 0.25) is 11.8 Å². The van der Waals surface area contributed by atoms with E-state index in [1.165, 1.54) is 25.7 Å². The number of hydrogen-bond donors (Lipinski definition) is 2. The Morgan fingerprint density at radius 1 is 1.22 bits per heavy atom. The molecule has 1 saturated carbocycles. The Kier molecular flexibility index (Phi) is 6.45. The second-order valence-corrected chi connectivity index (χ2v) is 7.97. The van der Waals surface area contributed by atoms with Crippen molar-refractivity contribution < 1.29 is 14.7 Å². The summed E-state index contributed by atoms with van der Waals surface area (Å²) in [6.45, 7) is 4.93. The molecular weight excluding hydrogens is 292 g/mol. The van der Waals surface area contributed by atoms with Crippen molar-refractivity contribution >= 4 is 11.8 Å². The monoisotopic (exact) mass is 324 g/mol. The fraction of sp³-hybridized carbons (Fsp3) is 0.889. The van der Waals surface area contributed by atoms with Gasteiger partial charge in [-0.2, -0.15) is 0 Å². The molecule has 0 spiro atoms. The van der Waals surface area contributed by atoms with Crippen molar-refractivity contribution in [2.24, 2.45) is 11.3 Å². The van der Waals surface area contributed by atoms with Crippen LogP contribution in [0.2, 0.25) is 0 Å². The lowest BCUT2D eigenvalue weighted by atomic mass is 9.92. The molecule has 23 heavy (non-hydrogen) atoms. The summed E-state index contributed by atoms with van der Waals surface area (Å²) in [5, 5.41) is 12.2. The normalized spacial score (nSPS) is 24.4. The lowest BCUT2D eigenvalue weighted by molar-refractivity contribution is -0.141. The lowest BCUT2D eigenvalue weighted by Gasteiger charge is -2.38. The van der Waals surface area contributed by atoms with Crippen LogP contribution < -0.4 is 5.32 Å². The second-order valence-electron chi connectivity index (χ2n) is 7.97. The third-order valence-corrected chi connectivity index (χ3v) is 5.25. The Bertz CT molecular complexity index is 414. The molecule has 1 heterocycles. The number of carbonyl (C=O) groups excluding carboxylic acids is 2. The molecule has 2 N–H and O–H groups in total. The van der Waals surface area contributed by atoms with Crippen molar-refractivity contribution in [1.82, 2.24) is 10.2 Å². The average molecular weight is 324 g/mol. The minimum Gasteiger partial charge on any atom is -0.396 e. The first-order valence-corrected chi connectivity index (χ1v) is 9.11. The van der Waals surface area contributed by atoms with Gasteiger partial charge in [-0.3, -0.25) is 9.59 Å². The number of carbonyl (C=O) groups is 2.